The van der Waals surface area contributed by atoms with Crippen LogP contribution >= 0.6 is 0 Å². The average Bonchev–Trinajstić information content (AvgIpc) is 3.18. The Balaban J connectivity index is 1.42. The number of amides is 1. The van der Waals surface area contributed by atoms with Crippen LogP contribution in [-0.4, -0.2) is 34.7 Å². The van der Waals surface area contributed by atoms with Crippen LogP contribution in [-0.2, 0) is 19.3 Å². The van der Waals surface area contributed by atoms with Crippen LogP contribution in [0.5, 0.6) is 5.75 Å². The maximum absolute atomic E-state index is 12.6. The molecular formula is C20H24N4O2. The predicted molar refractivity (Wildman–Crippen MR) is 101 cm³/mol. The van der Waals surface area contributed by atoms with Crippen LogP contribution in [0.1, 0.15) is 46.6 Å². The van der Waals surface area contributed by atoms with Gasteiger partial charge in [0.2, 0.25) is 0 Å². The second-order valence-corrected chi connectivity index (χ2v) is 6.82. The van der Waals surface area contributed by atoms with Gasteiger partial charge in [-0.2, -0.15) is 5.10 Å². The van der Waals surface area contributed by atoms with Crippen LogP contribution in [0.4, 0.5) is 0 Å². The van der Waals surface area contributed by atoms with Crippen molar-refractivity contribution in [3.05, 3.63) is 46.9 Å². The van der Waals surface area contributed by atoms with E-state index in [1.54, 1.807) is 7.11 Å². The number of rotatable bonds is 5. The van der Waals surface area contributed by atoms with Gasteiger partial charge in [0.25, 0.3) is 5.91 Å². The van der Waals surface area contributed by atoms with E-state index in [1.807, 2.05) is 24.4 Å². The Morgan fingerprint density at radius 2 is 2.15 bits per heavy atom. The van der Waals surface area contributed by atoms with Gasteiger partial charge in [-0.3, -0.25) is 9.89 Å². The molecule has 0 saturated carbocycles. The van der Waals surface area contributed by atoms with Crippen molar-refractivity contribution < 1.29 is 9.53 Å². The van der Waals surface area contributed by atoms with Gasteiger partial charge in [0.15, 0.2) is 5.69 Å². The predicted octanol–water partition coefficient (Wildman–Crippen LogP) is 3.14. The number of benzene rings is 1. The van der Waals surface area contributed by atoms with E-state index in [4.69, 9.17) is 4.74 Å². The van der Waals surface area contributed by atoms with Crippen molar-refractivity contribution in [2.45, 2.75) is 38.5 Å². The van der Waals surface area contributed by atoms with Crippen LogP contribution in [0.2, 0.25) is 0 Å². The minimum Gasteiger partial charge on any atom is -0.497 e. The molecule has 0 atom stereocenters. The molecule has 2 aromatic heterocycles. The molecule has 0 spiro atoms. The first kappa shape index (κ1) is 16.7. The van der Waals surface area contributed by atoms with Gasteiger partial charge in [-0.1, -0.05) is 6.42 Å². The summed E-state index contributed by atoms with van der Waals surface area (Å²) in [4.78, 5) is 15.8. The summed E-state index contributed by atoms with van der Waals surface area (Å²) in [6, 6.07) is 5.97. The summed E-state index contributed by atoms with van der Waals surface area (Å²) in [5, 5.41) is 11.5. The van der Waals surface area contributed by atoms with E-state index in [2.05, 4.69) is 20.5 Å². The quantitative estimate of drug-likeness (QED) is 0.617. The van der Waals surface area contributed by atoms with E-state index < -0.39 is 0 Å². The molecule has 2 heterocycles. The average molecular weight is 352 g/mol. The Kier molecular flexibility index (Phi) is 4.65. The zero-order valence-electron chi connectivity index (χ0n) is 15.0. The number of ether oxygens (including phenoxy) is 1. The van der Waals surface area contributed by atoms with Gasteiger partial charge < -0.3 is 15.0 Å². The highest BCUT2D eigenvalue weighted by atomic mass is 16.5. The minimum absolute atomic E-state index is 0.0816. The summed E-state index contributed by atoms with van der Waals surface area (Å²) in [6.07, 6.45) is 8.20. The number of nitrogens with one attached hydrogen (secondary N) is 3. The molecule has 1 aliphatic carbocycles. The van der Waals surface area contributed by atoms with E-state index in [0.29, 0.717) is 12.2 Å². The zero-order valence-corrected chi connectivity index (χ0v) is 15.0. The van der Waals surface area contributed by atoms with Crippen molar-refractivity contribution in [3.63, 3.8) is 0 Å². The number of hydrogen-bond donors (Lipinski definition) is 3. The van der Waals surface area contributed by atoms with Gasteiger partial charge >= 0.3 is 0 Å². The Morgan fingerprint density at radius 1 is 1.27 bits per heavy atom. The molecule has 1 aliphatic rings. The van der Waals surface area contributed by atoms with Crippen molar-refractivity contribution in [2.24, 2.45) is 0 Å². The van der Waals surface area contributed by atoms with Gasteiger partial charge in [-0.05, 0) is 55.9 Å². The number of H-pyrrole nitrogens is 2. The highest BCUT2D eigenvalue weighted by Gasteiger charge is 2.20. The summed E-state index contributed by atoms with van der Waals surface area (Å²) >= 11 is 0. The van der Waals surface area contributed by atoms with Crippen LogP contribution in [0.3, 0.4) is 0 Å². The Morgan fingerprint density at radius 3 is 3.04 bits per heavy atom. The molecule has 4 rings (SSSR count). The Labute approximate surface area is 152 Å². The van der Waals surface area contributed by atoms with Crippen molar-refractivity contribution in [3.8, 4) is 5.75 Å². The van der Waals surface area contributed by atoms with Gasteiger partial charge in [0.1, 0.15) is 5.75 Å². The highest BCUT2D eigenvalue weighted by Crippen LogP contribution is 2.24. The molecule has 136 valence electrons. The normalized spacial score (nSPS) is 14.0. The number of aromatic amines is 2. The molecule has 0 aliphatic heterocycles. The number of aryl methyl sites for hydroxylation is 1. The zero-order chi connectivity index (χ0) is 17.9. The first-order valence-corrected chi connectivity index (χ1v) is 9.24. The second-order valence-electron chi connectivity index (χ2n) is 6.82. The standard InChI is InChI=1S/C20H24N4O2/c1-26-14-7-8-17-16(11-14)13(12-22-17)9-10-21-20(25)19-15-5-3-2-4-6-18(15)23-24-19/h7-8,11-12,22H,2-6,9-10H2,1H3,(H,21,25)(H,23,24). The summed E-state index contributed by atoms with van der Waals surface area (Å²) in [5.41, 5.74) is 5.06. The molecular weight excluding hydrogens is 328 g/mol. The fourth-order valence-corrected chi connectivity index (χ4v) is 3.73. The van der Waals surface area contributed by atoms with Gasteiger partial charge in [-0.25, -0.2) is 0 Å². The summed E-state index contributed by atoms with van der Waals surface area (Å²) in [6.45, 7) is 0.574. The third-order valence-electron chi connectivity index (χ3n) is 5.18. The minimum atomic E-state index is -0.0816. The lowest BCUT2D eigenvalue weighted by Crippen LogP contribution is -2.27. The topological polar surface area (TPSA) is 82.8 Å². The van der Waals surface area contributed by atoms with Crippen LogP contribution in [0.15, 0.2) is 24.4 Å². The van der Waals surface area contributed by atoms with Gasteiger partial charge in [-0.15, -0.1) is 0 Å². The molecule has 0 radical (unpaired) electrons. The molecule has 0 saturated heterocycles. The largest absolute Gasteiger partial charge is 0.497 e. The number of fused-ring (bicyclic) bond motifs is 2. The number of nitrogens with zero attached hydrogens (tertiary/aromatic N) is 1. The van der Waals surface area contributed by atoms with Crippen molar-refractivity contribution in [1.82, 2.24) is 20.5 Å². The number of carbonyl (C=O) groups excluding carboxylic acids is 1. The summed E-state index contributed by atoms with van der Waals surface area (Å²) < 4.78 is 5.31. The van der Waals surface area contributed by atoms with E-state index in [9.17, 15) is 4.79 Å². The number of aromatic nitrogens is 3. The molecule has 3 aromatic rings. The molecule has 6 heteroatoms. The lowest BCUT2D eigenvalue weighted by Gasteiger charge is -2.06. The Bertz CT molecular complexity index is 925. The number of methoxy groups -OCH3 is 1. The lowest BCUT2D eigenvalue weighted by atomic mass is 10.1. The smallest absolute Gasteiger partial charge is 0.272 e. The van der Waals surface area contributed by atoms with Crippen molar-refractivity contribution >= 4 is 16.8 Å². The third-order valence-corrected chi connectivity index (χ3v) is 5.18. The third kappa shape index (κ3) is 3.19. The molecule has 1 aromatic carbocycles. The first-order valence-electron chi connectivity index (χ1n) is 9.24. The van der Waals surface area contributed by atoms with Gasteiger partial charge in [0.05, 0.1) is 7.11 Å². The fraction of sp³-hybridized carbons (Fsp3) is 0.400. The summed E-state index contributed by atoms with van der Waals surface area (Å²) in [7, 11) is 1.67. The first-order chi connectivity index (χ1) is 12.8. The second kappa shape index (κ2) is 7.23. The lowest BCUT2D eigenvalue weighted by molar-refractivity contribution is 0.0948. The Hall–Kier alpha value is -2.76. The number of carbonyl (C=O) groups is 1. The van der Waals surface area contributed by atoms with Crippen LogP contribution in [0.25, 0.3) is 10.9 Å². The molecule has 1 amide bonds. The fourth-order valence-electron chi connectivity index (χ4n) is 3.73. The molecule has 0 unspecified atom stereocenters. The van der Waals surface area contributed by atoms with E-state index in [1.165, 1.54) is 18.4 Å². The van der Waals surface area contributed by atoms with Crippen LogP contribution < -0.4 is 10.1 Å². The summed E-state index contributed by atoms with van der Waals surface area (Å²) in [5.74, 6) is 0.753. The van der Waals surface area contributed by atoms with E-state index >= 15 is 0 Å². The SMILES string of the molecule is COc1ccc2[nH]cc(CCNC(=O)c3n[nH]c4c3CCCCC4)c2c1. The monoisotopic (exact) mass is 352 g/mol. The van der Waals surface area contributed by atoms with Crippen molar-refractivity contribution in [1.29, 1.82) is 0 Å². The molecule has 0 bridgehead atoms. The van der Waals surface area contributed by atoms with E-state index in [-0.39, 0.29) is 5.91 Å². The molecule has 0 fully saturated rings. The highest BCUT2D eigenvalue weighted by molar-refractivity contribution is 5.94. The van der Waals surface area contributed by atoms with Crippen molar-refractivity contribution in [2.75, 3.05) is 13.7 Å². The molecule has 6 nitrogen and oxygen atoms in total. The molecule has 3 N–H and O–H groups in total. The van der Waals surface area contributed by atoms with Crippen LogP contribution in [0, 0.1) is 0 Å². The van der Waals surface area contributed by atoms with Gasteiger partial charge in [0, 0.05) is 34.9 Å². The maximum Gasteiger partial charge on any atom is 0.272 e. The van der Waals surface area contributed by atoms with E-state index in [0.717, 1.165) is 53.6 Å². The number of hydrogen-bond acceptors (Lipinski definition) is 3. The molecule has 26 heavy (non-hydrogen) atoms. The maximum atomic E-state index is 12.6.